The molecule has 112 valence electrons. The summed E-state index contributed by atoms with van der Waals surface area (Å²) in [6.45, 7) is 0. The van der Waals surface area contributed by atoms with Gasteiger partial charge in [0.15, 0.2) is 0 Å². The fourth-order valence-electron chi connectivity index (χ4n) is 2.28. The molecule has 0 fully saturated rings. The van der Waals surface area contributed by atoms with Crippen LogP contribution in [0.5, 0.6) is 0 Å². The van der Waals surface area contributed by atoms with Gasteiger partial charge in [-0.05, 0) is 36.1 Å². The Morgan fingerprint density at radius 3 is 2.05 bits per heavy atom. The third kappa shape index (κ3) is 4.82. The summed E-state index contributed by atoms with van der Waals surface area (Å²) < 4.78 is 0. The molecule has 0 N–H and O–H groups in total. The summed E-state index contributed by atoms with van der Waals surface area (Å²) in [6.07, 6.45) is 9.24. The fourth-order valence-corrected chi connectivity index (χ4v) is 4.11. The minimum Gasteiger partial charge on any atom is -0.122 e. The van der Waals surface area contributed by atoms with Crippen molar-refractivity contribution in [2.24, 2.45) is 0 Å². The molecule has 3 rings (SSSR count). The van der Waals surface area contributed by atoms with E-state index in [1.165, 1.54) is 33.8 Å². The summed E-state index contributed by atoms with van der Waals surface area (Å²) in [6, 6.07) is 19.6. The minimum absolute atomic E-state index is 1.03. The maximum absolute atomic E-state index is 2.34. The summed E-state index contributed by atoms with van der Waals surface area (Å²) in [5, 5.41) is 0. The standard InChI is InChI=1S/C20H20S2/c1-3-7-19(8-4-1)21-15-17-11-13-18(14-12-17)16-22-20-9-5-2-6-10-20/h1,3-5,7-14H,2,6,15-16H2. The molecular weight excluding hydrogens is 304 g/mol. The summed E-state index contributed by atoms with van der Waals surface area (Å²) in [4.78, 5) is 2.74. The van der Waals surface area contributed by atoms with Crippen LogP contribution in [0, 0.1) is 0 Å². The first-order valence-corrected chi connectivity index (χ1v) is 9.62. The summed E-state index contributed by atoms with van der Waals surface area (Å²) >= 11 is 3.83. The van der Waals surface area contributed by atoms with Crippen molar-refractivity contribution in [3.63, 3.8) is 0 Å². The Hall–Kier alpha value is -1.38. The molecule has 0 amide bonds. The van der Waals surface area contributed by atoms with Crippen LogP contribution >= 0.6 is 23.5 Å². The lowest BCUT2D eigenvalue weighted by Crippen LogP contribution is -1.86. The summed E-state index contributed by atoms with van der Waals surface area (Å²) in [5.74, 6) is 2.09. The topological polar surface area (TPSA) is 0 Å². The Kier molecular flexibility index (Phi) is 5.86. The van der Waals surface area contributed by atoms with Crippen LogP contribution in [0.3, 0.4) is 0 Å². The van der Waals surface area contributed by atoms with Crippen LogP contribution < -0.4 is 0 Å². The molecule has 0 bridgehead atoms. The summed E-state index contributed by atoms with van der Waals surface area (Å²) in [7, 11) is 0. The van der Waals surface area contributed by atoms with Crippen molar-refractivity contribution in [3.05, 3.63) is 88.9 Å². The number of hydrogen-bond acceptors (Lipinski definition) is 2. The van der Waals surface area contributed by atoms with Crippen molar-refractivity contribution in [3.8, 4) is 0 Å². The van der Waals surface area contributed by atoms with E-state index in [9.17, 15) is 0 Å². The average Bonchev–Trinajstić information content (AvgIpc) is 2.61. The van der Waals surface area contributed by atoms with Gasteiger partial charge in [0.25, 0.3) is 0 Å². The van der Waals surface area contributed by atoms with Gasteiger partial charge in [0, 0.05) is 21.3 Å². The fraction of sp³-hybridized carbons (Fsp3) is 0.200. The molecule has 0 nitrogen and oxygen atoms in total. The number of hydrogen-bond donors (Lipinski definition) is 0. The van der Waals surface area contributed by atoms with E-state index in [1.807, 2.05) is 23.5 Å². The number of thioether (sulfide) groups is 2. The van der Waals surface area contributed by atoms with Crippen LogP contribution in [-0.2, 0) is 11.5 Å². The molecule has 0 aromatic heterocycles. The molecule has 0 heterocycles. The quantitative estimate of drug-likeness (QED) is 0.560. The largest absolute Gasteiger partial charge is 0.122 e. The van der Waals surface area contributed by atoms with E-state index in [-0.39, 0.29) is 0 Å². The molecule has 0 aliphatic heterocycles. The molecule has 0 spiro atoms. The first-order valence-electron chi connectivity index (χ1n) is 7.65. The molecule has 1 aliphatic carbocycles. The lowest BCUT2D eigenvalue weighted by molar-refractivity contribution is 1.03. The molecule has 0 atom stereocenters. The molecule has 0 saturated heterocycles. The highest BCUT2D eigenvalue weighted by molar-refractivity contribution is 8.02. The third-order valence-corrected chi connectivity index (χ3v) is 5.74. The van der Waals surface area contributed by atoms with Crippen LogP contribution in [0.15, 0.2) is 82.6 Å². The van der Waals surface area contributed by atoms with E-state index < -0.39 is 0 Å². The molecule has 22 heavy (non-hydrogen) atoms. The molecular formula is C20H20S2. The lowest BCUT2D eigenvalue weighted by atomic mass is 10.2. The molecule has 0 saturated carbocycles. The second-order valence-electron chi connectivity index (χ2n) is 5.29. The van der Waals surface area contributed by atoms with Crippen molar-refractivity contribution >= 4 is 23.5 Å². The van der Waals surface area contributed by atoms with Gasteiger partial charge in [-0.25, -0.2) is 0 Å². The van der Waals surface area contributed by atoms with E-state index >= 15 is 0 Å². The first-order chi connectivity index (χ1) is 10.9. The highest BCUT2D eigenvalue weighted by Gasteiger charge is 2.01. The zero-order valence-corrected chi connectivity index (χ0v) is 14.2. The second-order valence-corrected chi connectivity index (χ2v) is 7.39. The maximum atomic E-state index is 2.34. The van der Waals surface area contributed by atoms with Crippen LogP contribution in [0.1, 0.15) is 24.0 Å². The zero-order chi connectivity index (χ0) is 15.0. The van der Waals surface area contributed by atoms with Gasteiger partial charge in [-0.2, -0.15) is 0 Å². The van der Waals surface area contributed by atoms with Crippen LogP contribution in [0.4, 0.5) is 0 Å². The van der Waals surface area contributed by atoms with Crippen molar-refractivity contribution in [2.45, 2.75) is 29.2 Å². The van der Waals surface area contributed by atoms with Crippen molar-refractivity contribution < 1.29 is 0 Å². The Morgan fingerprint density at radius 2 is 1.41 bits per heavy atom. The molecule has 2 heteroatoms. The van der Waals surface area contributed by atoms with E-state index in [1.54, 1.807) is 0 Å². The number of benzene rings is 2. The Morgan fingerprint density at radius 1 is 0.727 bits per heavy atom. The second kappa shape index (κ2) is 8.30. The number of allylic oxidation sites excluding steroid dienone is 3. The van der Waals surface area contributed by atoms with Gasteiger partial charge in [-0.15, -0.1) is 23.5 Å². The Bertz CT molecular complexity index is 639. The monoisotopic (exact) mass is 324 g/mol. The predicted octanol–water partition coefficient (Wildman–Crippen LogP) is 6.45. The van der Waals surface area contributed by atoms with Gasteiger partial charge < -0.3 is 0 Å². The van der Waals surface area contributed by atoms with Gasteiger partial charge >= 0.3 is 0 Å². The van der Waals surface area contributed by atoms with Gasteiger partial charge in [0.05, 0.1) is 0 Å². The van der Waals surface area contributed by atoms with Crippen molar-refractivity contribution in [2.75, 3.05) is 0 Å². The average molecular weight is 325 g/mol. The Labute approximate surface area is 141 Å². The number of rotatable bonds is 6. The van der Waals surface area contributed by atoms with Gasteiger partial charge in [0.1, 0.15) is 0 Å². The van der Waals surface area contributed by atoms with Crippen LogP contribution in [0.2, 0.25) is 0 Å². The van der Waals surface area contributed by atoms with Crippen LogP contribution in [0.25, 0.3) is 0 Å². The zero-order valence-electron chi connectivity index (χ0n) is 12.6. The Balaban J connectivity index is 1.49. The highest BCUT2D eigenvalue weighted by atomic mass is 32.2. The van der Waals surface area contributed by atoms with E-state index in [4.69, 9.17) is 0 Å². The summed E-state index contributed by atoms with van der Waals surface area (Å²) in [5.41, 5.74) is 2.79. The molecule has 2 aromatic rings. The highest BCUT2D eigenvalue weighted by Crippen LogP contribution is 2.27. The lowest BCUT2D eigenvalue weighted by Gasteiger charge is -2.07. The van der Waals surface area contributed by atoms with Gasteiger partial charge in [-0.3, -0.25) is 0 Å². The van der Waals surface area contributed by atoms with E-state index in [0.717, 1.165) is 11.5 Å². The minimum atomic E-state index is 1.03. The third-order valence-electron chi connectivity index (χ3n) is 3.54. The predicted molar refractivity (Wildman–Crippen MR) is 100 cm³/mol. The normalized spacial score (nSPS) is 13.9. The smallest absolute Gasteiger partial charge is 0.0231 e. The van der Waals surface area contributed by atoms with E-state index in [2.05, 4.69) is 72.8 Å². The van der Waals surface area contributed by atoms with E-state index in [0.29, 0.717) is 0 Å². The van der Waals surface area contributed by atoms with Crippen molar-refractivity contribution in [1.29, 1.82) is 0 Å². The van der Waals surface area contributed by atoms with Crippen molar-refractivity contribution in [1.82, 2.24) is 0 Å². The van der Waals surface area contributed by atoms with Gasteiger partial charge in [-0.1, -0.05) is 60.7 Å². The first kappa shape index (κ1) is 15.5. The molecule has 0 unspecified atom stereocenters. The maximum Gasteiger partial charge on any atom is 0.0231 e. The molecule has 1 aliphatic rings. The SMILES string of the molecule is C1=CC(SCc2ccc(CSc3ccccc3)cc2)=CCC1. The molecule has 0 radical (unpaired) electrons. The van der Waals surface area contributed by atoms with Crippen LogP contribution in [-0.4, -0.2) is 0 Å². The van der Waals surface area contributed by atoms with Gasteiger partial charge in [0.2, 0.25) is 0 Å². The molecule has 2 aromatic carbocycles.